The van der Waals surface area contributed by atoms with Crippen molar-refractivity contribution < 1.29 is 14.3 Å². The first-order chi connectivity index (χ1) is 17.0. The molecule has 3 heterocycles. The molecule has 2 amide bonds. The summed E-state index contributed by atoms with van der Waals surface area (Å²) in [4.78, 5) is 30.3. The van der Waals surface area contributed by atoms with Crippen LogP contribution in [0.3, 0.4) is 0 Å². The summed E-state index contributed by atoms with van der Waals surface area (Å²) in [5, 5.41) is 9.10. The lowest BCUT2D eigenvalue weighted by atomic mass is 9.94. The van der Waals surface area contributed by atoms with Crippen molar-refractivity contribution in [2.45, 2.75) is 37.5 Å². The van der Waals surface area contributed by atoms with Gasteiger partial charge in [0.15, 0.2) is 5.69 Å². The van der Waals surface area contributed by atoms with Gasteiger partial charge in [0.25, 0.3) is 5.91 Å². The topological polar surface area (TPSA) is 80.6 Å². The van der Waals surface area contributed by atoms with E-state index in [0.717, 1.165) is 24.0 Å². The van der Waals surface area contributed by atoms with Gasteiger partial charge in [-0.25, -0.2) is 4.68 Å². The van der Waals surface area contributed by atoms with E-state index in [1.165, 1.54) is 0 Å². The Bertz CT molecular complexity index is 1250. The monoisotopic (exact) mass is 491 g/mol. The summed E-state index contributed by atoms with van der Waals surface area (Å²) < 4.78 is 7.79. The van der Waals surface area contributed by atoms with Gasteiger partial charge in [-0.1, -0.05) is 59.3 Å². The highest BCUT2D eigenvalue weighted by Crippen LogP contribution is 2.49. The predicted octanol–water partition coefficient (Wildman–Crippen LogP) is 3.22. The zero-order valence-electron chi connectivity index (χ0n) is 19.3. The van der Waals surface area contributed by atoms with Gasteiger partial charge in [0.1, 0.15) is 6.10 Å². The number of carbonyl (C=O) groups is 2. The molecule has 1 saturated carbocycles. The Hall–Kier alpha value is -3.23. The number of hydrogen-bond acceptors (Lipinski definition) is 5. The third kappa shape index (κ3) is 4.00. The number of amides is 2. The molecule has 2 fully saturated rings. The minimum absolute atomic E-state index is 0.156. The van der Waals surface area contributed by atoms with Gasteiger partial charge in [0, 0.05) is 31.2 Å². The van der Waals surface area contributed by atoms with Crippen LogP contribution in [0.2, 0.25) is 5.02 Å². The standard InChI is InChI=1S/C26H26ClN5O3/c27-20-8-6-18(7-9-20)22-16-32-21(17-35-22)23(28-29-32)24(33)30-12-14-31(15-13-30)25(34)26(10-11-26)19-4-2-1-3-5-19/h1-9,22H,10-17H2/t22-/m0/s1. The Kier molecular flexibility index (Phi) is 5.57. The molecule has 3 aliphatic rings. The molecule has 0 radical (unpaired) electrons. The van der Waals surface area contributed by atoms with E-state index < -0.39 is 0 Å². The molecule has 2 aromatic carbocycles. The quantitative estimate of drug-likeness (QED) is 0.560. The van der Waals surface area contributed by atoms with E-state index in [0.29, 0.717) is 49.1 Å². The molecule has 9 heteroatoms. The second-order valence-electron chi connectivity index (χ2n) is 9.45. The van der Waals surface area contributed by atoms with Crippen molar-refractivity contribution in [1.29, 1.82) is 0 Å². The second-order valence-corrected chi connectivity index (χ2v) is 9.89. The third-order valence-corrected chi connectivity index (χ3v) is 7.63. The molecule has 1 aromatic heterocycles. The molecular weight excluding hydrogens is 466 g/mol. The number of aromatic nitrogens is 3. The number of fused-ring (bicyclic) bond motifs is 1. The summed E-state index contributed by atoms with van der Waals surface area (Å²) in [6, 6.07) is 17.6. The van der Waals surface area contributed by atoms with Gasteiger partial charge < -0.3 is 14.5 Å². The molecule has 8 nitrogen and oxygen atoms in total. The molecule has 0 unspecified atom stereocenters. The van der Waals surface area contributed by atoms with Gasteiger partial charge in [-0.05, 0) is 36.1 Å². The number of benzene rings is 2. The lowest BCUT2D eigenvalue weighted by Crippen LogP contribution is -2.53. The number of ether oxygens (including phenoxy) is 1. The average Bonchev–Trinajstić information content (AvgIpc) is 3.62. The smallest absolute Gasteiger partial charge is 0.276 e. The van der Waals surface area contributed by atoms with E-state index in [-0.39, 0.29) is 29.9 Å². The molecule has 3 aromatic rings. The van der Waals surface area contributed by atoms with Gasteiger partial charge in [-0.3, -0.25) is 9.59 Å². The van der Waals surface area contributed by atoms with E-state index in [9.17, 15) is 9.59 Å². The summed E-state index contributed by atoms with van der Waals surface area (Å²) in [5.41, 5.74) is 2.75. The number of carbonyl (C=O) groups excluding carboxylic acids is 2. The van der Waals surface area contributed by atoms with Gasteiger partial charge in [0.05, 0.1) is 24.3 Å². The van der Waals surface area contributed by atoms with Crippen LogP contribution in [-0.4, -0.2) is 62.8 Å². The van der Waals surface area contributed by atoms with Crippen molar-refractivity contribution >= 4 is 23.4 Å². The Morgan fingerprint density at radius 3 is 2.31 bits per heavy atom. The predicted molar refractivity (Wildman–Crippen MR) is 129 cm³/mol. The summed E-state index contributed by atoms with van der Waals surface area (Å²) in [7, 11) is 0. The maximum Gasteiger partial charge on any atom is 0.276 e. The fraction of sp³-hybridized carbons (Fsp3) is 0.385. The van der Waals surface area contributed by atoms with E-state index in [4.69, 9.17) is 16.3 Å². The van der Waals surface area contributed by atoms with Crippen LogP contribution in [0.1, 0.15) is 46.3 Å². The summed E-state index contributed by atoms with van der Waals surface area (Å²) in [6.07, 6.45) is 1.61. The molecule has 0 N–H and O–H groups in total. The van der Waals surface area contributed by atoms with Crippen LogP contribution < -0.4 is 0 Å². The number of hydrogen-bond donors (Lipinski definition) is 0. The molecule has 1 aliphatic carbocycles. The number of halogens is 1. The summed E-state index contributed by atoms with van der Waals surface area (Å²) in [5.74, 6) is 0.0227. The molecular formula is C26H26ClN5O3. The van der Waals surface area contributed by atoms with E-state index >= 15 is 0 Å². The van der Waals surface area contributed by atoms with Crippen molar-refractivity contribution in [2.75, 3.05) is 26.2 Å². The molecule has 1 saturated heterocycles. The Labute approximate surface area is 208 Å². The average molecular weight is 492 g/mol. The highest BCUT2D eigenvalue weighted by atomic mass is 35.5. The Morgan fingerprint density at radius 2 is 1.63 bits per heavy atom. The molecule has 1 atom stereocenters. The number of piperazine rings is 1. The SMILES string of the molecule is O=C(c1nnn2c1CO[C@H](c1ccc(Cl)cc1)C2)N1CCN(C(=O)C2(c3ccccc3)CC2)CC1. The van der Waals surface area contributed by atoms with Crippen LogP contribution in [0.5, 0.6) is 0 Å². The first-order valence-corrected chi connectivity index (χ1v) is 12.4. The second kappa shape index (κ2) is 8.77. The van der Waals surface area contributed by atoms with Crippen LogP contribution in [0.25, 0.3) is 0 Å². The van der Waals surface area contributed by atoms with Crippen LogP contribution in [0.15, 0.2) is 54.6 Å². The zero-order chi connectivity index (χ0) is 24.0. The first kappa shape index (κ1) is 22.2. The van der Waals surface area contributed by atoms with E-state index in [1.807, 2.05) is 59.5 Å². The van der Waals surface area contributed by atoms with Gasteiger partial charge in [-0.2, -0.15) is 0 Å². The van der Waals surface area contributed by atoms with Crippen molar-refractivity contribution in [1.82, 2.24) is 24.8 Å². The van der Waals surface area contributed by atoms with E-state index in [1.54, 1.807) is 9.58 Å². The number of rotatable bonds is 4. The molecule has 0 spiro atoms. The lowest BCUT2D eigenvalue weighted by Gasteiger charge is -2.36. The van der Waals surface area contributed by atoms with Crippen LogP contribution in [-0.2, 0) is 28.1 Å². The third-order valence-electron chi connectivity index (χ3n) is 7.38. The normalized spacial score (nSPS) is 20.9. The van der Waals surface area contributed by atoms with Crippen molar-refractivity contribution in [2.24, 2.45) is 0 Å². The minimum atomic E-state index is -0.377. The molecule has 6 rings (SSSR count). The summed E-state index contributed by atoms with van der Waals surface area (Å²) >= 11 is 5.99. The zero-order valence-corrected chi connectivity index (χ0v) is 20.0. The Morgan fingerprint density at radius 1 is 0.943 bits per heavy atom. The van der Waals surface area contributed by atoms with Gasteiger partial charge >= 0.3 is 0 Å². The molecule has 180 valence electrons. The molecule has 0 bridgehead atoms. The largest absolute Gasteiger partial charge is 0.365 e. The lowest BCUT2D eigenvalue weighted by molar-refractivity contribution is -0.135. The molecule has 35 heavy (non-hydrogen) atoms. The van der Waals surface area contributed by atoms with Gasteiger partial charge in [0.2, 0.25) is 5.91 Å². The van der Waals surface area contributed by atoms with Crippen LogP contribution >= 0.6 is 11.6 Å². The number of nitrogens with zero attached hydrogens (tertiary/aromatic N) is 5. The fourth-order valence-corrected chi connectivity index (χ4v) is 5.26. The highest BCUT2D eigenvalue weighted by Gasteiger charge is 2.53. The summed E-state index contributed by atoms with van der Waals surface area (Å²) in [6.45, 7) is 2.77. The van der Waals surface area contributed by atoms with E-state index in [2.05, 4.69) is 10.3 Å². The maximum absolute atomic E-state index is 13.3. The first-order valence-electron chi connectivity index (χ1n) is 12.0. The Balaban J connectivity index is 1.10. The van der Waals surface area contributed by atoms with Crippen molar-refractivity contribution in [3.8, 4) is 0 Å². The van der Waals surface area contributed by atoms with Crippen molar-refractivity contribution in [3.63, 3.8) is 0 Å². The highest BCUT2D eigenvalue weighted by molar-refractivity contribution is 6.30. The van der Waals surface area contributed by atoms with Gasteiger partial charge in [-0.15, -0.1) is 5.10 Å². The van der Waals surface area contributed by atoms with Crippen molar-refractivity contribution in [3.05, 3.63) is 82.1 Å². The van der Waals surface area contributed by atoms with Crippen LogP contribution in [0, 0.1) is 0 Å². The minimum Gasteiger partial charge on any atom is -0.365 e. The molecule has 2 aliphatic heterocycles. The van der Waals surface area contributed by atoms with Crippen LogP contribution in [0.4, 0.5) is 0 Å². The fourth-order valence-electron chi connectivity index (χ4n) is 5.13. The maximum atomic E-state index is 13.3.